The molecule has 0 fully saturated rings. The van der Waals surface area contributed by atoms with Crippen LogP contribution in [0.3, 0.4) is 0 Å². The molecule has 0 aromatic carbocycles. The highest BCUT2D eigenvalue weighted by Gasteiger charge is 2.31. The van der Waals surface area contributed by atoms with Gasteiger partial charge in [-0.1, -0.05) is 0 Å². The third-order valence-corrected chi connectivity index (χ3v) is 2.06. The maximum atomic E-state index is 10.3. The molecule has 13 heavy (non-hydrogen) atoms. The Morgan fingerprint density at radius 1 is 1.46 bits per heavy atom. The van der Waals surface area contributed by atoms with Crippen LogP contribution in [0.4, 0.5) is 0 Å². The predicted molar refractivity (Wildman–Crippen MR) is 39.3 cm³/mol. The monoisotopic (exact) mass is 215 g/mol. The van der Waals surface area contributed by atoms with Gasteiger partial charge in [0.25, 0.3) is 0 Å². The lowest BCUT2D eigenvalue weighted by atomic mass is 10.2. The molecular weight excluding hydrogens is 205 g/mol. The second-order valence-electron chi connectivity index (χ2n) is 2.36. The first-order chi connectivity index (χ1) is 5.78. The van der Waals surface area contributed by atoms with Crippen LogP contribution >= 0.6 is 7.60 Å². The number of carboxylic acid groups (broad SMARTS) is 1. The van der Waals surface area contributed by atoms with E-state index in [4.69, 9.17) is 25.2 Å². The zero-order valence-corrected chi connectivity index (χ0v) is 7.26. The van der Waals surface area contributed by atoms with Crippen LogP contribution in [0.5, 0.6) is 0 Å². The van der Waals surface area contributed by atoms with Gasteiger partial charge in [0.1, 0.15) is 0 Å². The van der Waals surface area contributed by atoms with E-state index in [1.807, 2.05) is 0 Å². The van der Waals surface area contributed by atoms with Crippen LogP contribution < -0.4 is 5.48 Å². The second kappa shape index (κ2) is 4.66. The van der Waals surface area contributed by atoms with Crippen molar-refractivity contribution >= 4 is 13.6 Å². The van der Waals surface area contributed by atoms with Gasteiger partial charge in [0.15, 0.2) is 6.04 Å². The highest BCUT2D eigenvalue weighted by Crippen LogP contribution is 2.35. The average Bonchev–Trinajstić information content (AvgIpc) is 1.82. The van der Waals surface area contributed by atoms with Gasteiger partial charge in [-0.2, -0.15) is 5.48 Å². The normalized spacial score (nSPS) is 16.6. The number of nitrogens with one attached hydrogen (secondary N) is 1. The van der Waals surface area contributed by atoms with E-state index >= 15 is 0 Å². The second-order valence-corrected chi connectivity index (χ2v) is 4.05. The molecule has 0 saturated carbocycles. The van der Waals surface area contributed by atoms with E-state index in [2.05, 4.69) is 0 Å². The first kappa shape index (κ1) is 12.5. The molecule has 0 spiro atoms. The van der Waals surface area contributed by atoms with Crippen LogP contribution in [-0.2, 0) is 9.36 Å². The quantitative estimate of drug-likeness (QED) is 0.227. The number of carboxylic acids is 1. The van der Waals surface area contributed by atoms with Crippen molar-refractivity contribution in [1.82, 2.24) is 5.48 Å². The van der Waals surface area contributed by atoms with Gasteiger partial charge in [-0.05, 0) is 0 Å². The first-order valence-electron chi connectivity index (χ1n) is 3.13. The lowest BCUT2D eigenvalue weighted by Crippen LogP contribution is -2.46. The standard InChI is InChI=1S/C4H10NO7P/c6-2(1-13(10,11)12)3(5-9)4(7)8/h2-3,5-6,9H,1H2,(H,7,8)(H2,10,11,12)/t2-,3+/m1/s1. The molecule has 0 aliphatic heterocycles. The van der Waals surface area contributed by atoms with Crippen molar-refractivity contribution in [2.24, 2.45) is 0 Å². The lowest BCUT2D eigenvalue weighted by Gasteiger charge is -2.17. The third kappa shape index (κ3) is 4.94. The van der Waals surface area contributed by atoms with Gasteiger partial charge >= 0.3 is 13.6 Å². The van der Waals surface area contributed by atoms with Gasteiger partial charge in [-0.25, -0.2) is 0 Å². The predicted octanol–water partition coefficient (Wildman–Crippen LogP) is -2.04. The molecule has 9 heteroatoms. The number of hydroxylamine groups is 1. The van der Waals surface area contributed by atoms with Crippen molar-refractivity contribution in [2.75, 3.05) is 6.16 Å². The Kier molecular flexibility index (Phi) is 4.48. The van der Waals surface area contributed by atoms with E-state index in [1.165, 1.54) is 5.48 Å². The third-order valence-electron chi connectivity index (χ3n) is 1.21. The number of aliphatic hydroxyl groups is 1. The minimum atomic E-state index is -4.49. The van der Waals surface area contributed by atoms with Crippen molar-refractivity contribution in [3.63, 3.8) is 0 Å². The Labute approximate surface area is 72.9 Å². The molecule has 0 unspecified atom stereocenters. The summed E-state index contributed by atoms with van der Waals surface area (Å²) in [6, 6.07) is -1.81. The molecule has 78 valence electrons. The fourth-order valence-corrected chi connectivity index (χ4v) is 1.35. The molecule has 8 nitrogen and oxygen atoms in total. The van der Waals surface area contributed by atoms with Crippen LogP contribution in [0.1, 0.15) is 0 Å². The summed E-state index contributed by atoms with van der Waals surface area (Å²) in [5, 5.41) is 25.4. The average molecular weight is 215 g/mol. The Morgan fingerprint density at radius 3 is 2.15 bits per heavy atom. The zero-order chi connectivity index (χ0) is 10.6. The SMILES string of the molecule is O=C(O)[C@@H](NO)[C@H](O)CP(=O)(O)O. The molecule has 0 rings (SSSR count). The smallest absolute Gasteiger partial charge is 0.328 e. The highest BCUT2D eigenvalue weighted by molar-refractivity contribution is 7.51. The summed E-state index contributed by atoms with van der Waals surface area (Å²) in [6.45, 7) is 0. The van der Waals surface area contributed by atoms with E-state index in [0.717, 1.165) is 0 Å². The Morgan fingerprint density at radius 2 is 1.92 bits per heavy atom. The fourth-order valence-electron chi connectivity index (χ4n) is 0.655. The fraction of sp³-hybridized carbons (Fsp3) is 0.750. The molecular formula is C4H10NO7P. The van der Waals surface area contributed by atoms with Crippen LogP contribution in [-0.4, -0.2) is 49.5 Å². The first-order valence-corrected chi connectivity index (χ1v) is 4.92. The Balaban J connectivity index is 4.31. The van der Waals surface area contributed by atoms with Gasteiger partial charge in [-0.15, -0.1) is 0 Å². The molecule has 0 aromatic heterocycles. The Hall–Kier alpha value is -0.500. The Bertz CT molecular complexity index is 225. The zero-order valence-electron chi connectivity index (χ0n) is 6.36. The molecule has 0 aliphatic rings. The largest absolute Gasteiger partial charge is 0.480 e. The molecule has 0 aliphatic carbocycles. The van der Waals surface area contributed by atoms with Crippen LogP contribution in [0.25, 0.3) is 0 Å². The summed E-state index contributed by atoms with van der Waals surface area (Å²) in [7, 11) is -4.49. The minimum Gasteiger partial charge on any atom is -0.480 e. The van der Waals surface area contributed by atoms with Gasteiger partial charge in [0.05, 0.1) is 12.3 Å². The van der Waals surface area contributed by atoms with Crippen LogP contribution in [0.15, 0.2) is 0 Å². The summed E-state index contributed by atoms with van der Waals surface area (Å²) in [4.78, 5) is 26.9. The summed E-state index contributed by atoms with van der Waals surface area (Å²) in [6.07, 6.45) is -2.89. The number of carbonyl (C=O) groups is 1. The number of aliphatic hydroxyl groups excluding tert-OH is 1. The van der Waals surface area contributed by atoms with Crippen molar-refractivity contribution in [1.29, 1.82) is 0 Å². The molecule has 0 amide bonds. The van der Waals surface area contributed by atoms with E-state index in [0.29, 0.717) is 0 Å². The highest BCUT2D eigenvalue weighted by atomic mass is 31.2. The van der Waals surface area contributed by atoms with E-state index in [1.54, 1.807) is 0 Å². The van der Waals surface area contributed by atoms with Gasteiger partial charge in [0, 0.05) is 0 Å². The lowest BCUT2D eigenvalue weighted by molar-refractivity contribution is -0.145. The van der Waals surface area contributed by atoms with E-state index < -0.39 is 31.9 Å². The molecule has 0 radical (unpaired) electrons. The summed E-state index contributed by atoms with van der Waals surface area (Å²) < 4.78 is 10.3. The minimum absolute atomic E-state index is 1.03. The summed E-state index contributed by atoms with van der Waals surface area (Å²) in [5.41, 5.74) is 1.23. The summed E-state index contributed by atoms with van der Waals surface area (Å²) in [5.74, 6) is -1.61. The number of hydrogen-bond donors (Lipinski definition) is 6. The summed E-state index contributed by atoms with van der Waals surface area (Å²) >= 11 is 0. The van der Waals surface area contributed by atoms with E-state index in [-0.39, 0.29) is 0 Å². The number of rotatable bonds is 5. The number of hydrogen-bond acceptors (Lipinski definition) is 5. The van der Waals surface area contributed by atoms with E-state index in [9.17, 15) is 9.36 Å². The maximum Gasteiger partial charge on any atom is 0.328 e. The topological polar surface area (TPSA) is 147 Å². The van der Waals surface area contributed by atoms with Gasteiger partial charge in [0.2, 0.25) is 0 Å². The van der Waals surface area contributed by atoms with Crippen LogP contribution in [0.2, 0.25) is 0 Å². The molecule has 0 heterocycles. The molecule has 0 saturated heterocycles. The van der Waals surface area contributed by atoms with Crippen molar-refractivity contribution < 1.29 is 34.6 Å². The van der Waals surface area contributed by atoms with Crippen molar-refractivity contribution in [3.05, 3.63) is 0 Å². The van der Waals surface area contributed by atoms with Gasteiger partial charge < -0.3 is 25.2 Å². The molecule has 6 N–H and O–H groups in total. The molecule has 2 atom stereocenters. The van der Waals surface area contributed by atoms with Crippen molar-refractivity contribution in [2.45, 2.75) is 12.1 Å². The molecule has 0 bridgehead atoms. The number of aliphatic carboxylic acids is 1. The molecule has 0 aromatic rings. The van der Waals surface area contributed by atoms with Crippen molar-refractivity contribution in [3.8, 4) is 0 Å². The van der Waals surface area contributed by atoms with Gasteiger partial charge in [-0.3, -0.25) is 9.36 Å². The van der Waals surface area contributed by atoms with Crippen LogP contribution in [0, 0.1) is 0 Å². The maximum absolute atomic E-state index is 10.3.